The number of benzene rings is 7. The molecule has 0 N–H and O–H groups in total. The first-order valence-electron chi connectivity index (χ1n) is 29.7. The van der Waals surface area contributed by atoms with Crippen LogP contribution in [0.4, 0.5) is 26.7 Å². The molecule has 0 saturated heterocycles. The van der Waals surface area contributed by atoms with Crippen molar-refractivity contribution in [2.24, 2.45) is 0 Å². The normalized spacial score (nSPS) is 15.9. The van der Waals surface area contributed by atoms with Crippen LogP contribution in [0.2, 0.25) is 0 Å². The van der Waals surface area contributed by atoms with Crippen molar-refractivity contribution >= 4 is 51.2 Å². The maximum atomic E-state index is 12.4. The van der Waals surface area contributed by atoms with Gasteiger partial charge in [-0.1, -0.05) is 118 Å². The Labute approximate surface area is 478 Å². The van der Waals surface area contributed by atoms with Gasteiger partial charge in [0.15, 0.2) is 0 Å². The molecule has 8 aromatic rings. The fourth-order valence-corrected chi connectivity index (χ4v) is 12.6. The van der Waals surface area contributed by atoms with Gasteiger partial charge >= 0.3 is 12.3 Å². The summed E-state index contributed by atoms with van der Waals surface area (Å²) in [4.78, 5) is 27.0. The van der Waals surface area contributed by atoms with Gasteiger partial charge in [-0.2, -0.15) is 0 Å². The fourth-order valence-electron chi connectivity index (χ4n) is 12.6. The van der Waals surface area contributed by atoms with Crippen molar-refractivity contribution in [3.8, 4) is 27.9 Å². The summed E-state index contributed by atoms with van der Waals surface area (Å²) in [6, 6.07) is 57.5. The molecular formula is C71H78N2O8. The monoisotopic (exact) mass is 1090 g/mol. The molecule has 420 valence electrons. The minimum atomic E-state index is -0.558. The number of hydrogen-bond acceptors (Lipinski definition) is 9. The minimum absolute atomic E-state index is 0.146. The highest BCUT2D eigenvalue weighted by Gasteiger charge is 2.36. The van der Waals surface area contributed by atoms with E-state index in [4.69, 9.17) is 28.4 Å². The van der Waals surface area contributed by atoms with Crippen molar-refractivity contribution in [1.29, 1.82) is 0 Å². The molecule has 0 atom stereocenters. The second kappa shape index (κ2) is 24.8. The van der Waals surface area contributed by atoms with E-state index in [9.17, 15) is 9.59 Å². The summed E-state index contributed by atoms with van der Waals surface area (Å²) < 4.78 is 36.6. The number of ether oxygens (including phenoxy) is 6. The number of carbonyl (C=O) groups is 2. The van der Waals surface area contributed by atoms with E-state index >= 15 is 0 Å². The van der Waals surface area contributed by atoms with Crippen LogP contribution >= 0.6 is 0 Å². The third-order valence-corrected chi connectivity index (χ3v) is 17.2. The zero-order valence-electron chi connectivity index (χ0n) is 47.8. The van der Waals surface area contributed by atoms with E-state index in [2.05, 4.69) is 181 Å². The van der Waals surface area contributed by atoms with Crippen LogP contribution in [0, 0.1) is 0 Å². The SMILES string of the molecule is CC1(OC(=O)OCCCCOCc2ccc(N(c3ccc(-c4ccc5c(c4)c4ccccc4n5-c4ccc(COCCCCOC(=O)OC5(C)CCCCC5)cc4)cc3)c3ccc4c(c3)C(C)(C)c3ccccc3-4)cc2)CCCCC1. The smallest absolute Gasteiger partial charge is 0.434 e. The summed E-state index contributed by atoms with van der Waals surface area (Å²) in [5.41, 5.74) is 15.4. The Balaban J connectivity index is 0.752. The van der Waals surface area contributed by atoms with Gasteiger partial charge in [0.25, 0.3) is 0 Å². The molecule has 0 aliphatic heterocycles. The van der Waals surface area contributed by atoms with E-state index in [1.807, 2.05) is 13.8 Å². The van der Waals surface area contributed by atoms with E-state index < -0.39 is 17.9 Å². The lowest BCUT2D eigenvalue weighted by atomic mass is 9.82. The molecule has 1 aromatic heterocycles. The average Bonchev–Trinajstić information content (AvgIpc) is 4.19. The van der Waals surface area contributed by atoms with Crippen molar-refractivity contribution in [1.82, 2.24) is 4.57 Å². The third kappa shape index (κ3) is 12.7. The standard InChI is InChI=1S/C71H78N2O8/c1-69(2)63-21-9-7-19-59(63)60-37-36-58(48-64(60)69)72(55-30-23-51(24-31-55)49-76-43-15-17-45-78-67(74)80-70(3)39-11-5-12-40-70)56-34-27-53(28-35-56)54-29-38-66-62(47-54)61-20-8-10-22-65(61)73(66)57-32-25-52(26-33-57)50-77-44-16-18-46-79-68(75)81-71(4)41-13-6-14-42-71/h7-10,19-38,47-48H,5-6,11-18,39-46,49-50H2,1-4H3. The predicted octanol–water partition coefficient (Wildman–Crippen LogP) is 18.6. The van der Waals surface area contributed by atoms with Gasteiger partial charge < -0.3 is 37.9 Å². The summed E-state index contributed by atoms with van der Waals surface area (Å²) in [6.45, 7) is 11.5. The van der Waals surface area contributed by atoms with Gasteiger partial charge in [0, 0.05) is 52.2 Å². The molecule has 0 bridgehead atoms. The van der Waals surface area contributed by atoms with Crippen LogP contribution in [0.3, 0.4) is 0 Å². The van der Waals surface area contributed by atoms with Gasteiger partial charge in [-0.15, -0.1) is 0 Å². The van der Waals surface area contributed by atoms with Gasteiger partial charge in [0.2, 0.25) is 0 Å². The summed E-state index contributed by atoms with van der Waals surface area (Å²) in [6.07, 6.45) is 12.3. The molecule has 1 heterocycles. The second-order valence-corrected chi connectivity index (χ2v) is 23.6. The van der Waals surface area contributed by atoms with Gasteiger partial charge in [0.1, 0.15) is 11.2 Å². The first kappa shape index (κ1) is 55.5. The van der Waals surface area contributed by atoms with E-state index in [1.54, 1.807) is 0 Å². The Morgan fingerprint density at radius 1 is 0.457 bits per heavy atom. The molecule has 3 aliphatic rings. The van der Waals surface area contributed by atoms with Crippen LogP contribution in [0.1, 0.15) is 140 Å². The molecule has 0 spiro atoms. The summed E-state index contributed by atoms with van der Waals surface area (Å²) in [7, 11) is 0. The molecule has 0 amide bonds. The zero-order chi connectivity index (χ0) is 55.8. The summed E-state index contributed by atoms with van der Waals surface area (Å²) in [5.74, 6) is 0. The lowest BCUT2D eigenvalue weighted by Gasteiger charge is -2.32. The Morgan fingerprint density at radius 2 is 0.951 bits per heavy atom. The number of fused-ring (bicyclic) bond motifs is 6. The number of rotatable bonds is 21. The molecule has 0 radical (unpaired) electrons. The molecule has 2 fully saturated rings. The van der Waals surface area contributed by atoms with Crippen LogP contribution in [-0.4, -0.2) is 54.5 Å². The average molecular weight is 1090 g/mol. The van der Waals surface area contributed by atoms with Gasteiger partial charge in [-0.3, -0.25) is 0 Å². The molecule has 3 aliphatic carbocycles. The Kier molecular flexibility index (Phi) is 17.0. The van der Waals surface area contributed by atoms with Crippen molar-refractivity contribution < 1.29 is 38.0 Å². The minimum Gasteiger partial charge on any atom is -0.434 e. The molecule has 81 heavy (non-hydrogen) atoms. The van der Waals surface area contributed by atoms with Crippen LogP contribution in [0.5, 0.6) is 0 Å². The van der Waals surface area contributed by atoms with Crippen LogP contribution < -0.4 is 4.90 Å². The first-order chi connectivity index (χ1) is 39.4. The molecule has 11 rings (SSSR count). The lowest BCUT2D eigenvalue weighted by molar-refractivity contribution is -0.0456. The van der Waals surface area contributed by atoms with Crippen molar-refractivity contribution in [2.45, 2.75) is 147 Å². The number of aromatic nitrogens is 1. The number of hydrogen-bond donors (Lipinski definition) is 0. The highest BCUT2D eigenvalue weighted by molar-refractivity contribution is 6.10. The fraction of sp³-hybridized carbons (Fsp3) is 0.380. The second-order valence-electron chi connectivity index (χ2n) is 23.6. The molecule has 10 heteroatoms. The topological polar surface area (TPSA) is 97.7 Å². The summed E-state index contributed by atoms with van der Waals surface area (Å²) >= 11 is 0. The number of anilines is 3. The number of nitrogens with zero attached hydrogens (tertiary/aromatic N) is 2. The van der Waals surface area contributed by atoms with Crippen molar-refractivity contribution in [2.75, 3.05) is 31.3 Å². The van der Waals surface area contributed by atoms with E-state index in [0.29, 0.717) is 39.6 Å². The zero-order valence-corrected chi connectivity index (χ0v) is 47.8. The van der Waals surface area contributed by atoms with Gasteiger partial charge in [-0.05, 0) is 202 Å². The quantitative estimate of drug-likeness (QED) is 0.0515. The Bertz CT molecular complexity index is 3440. The van der Waals surface area contributed by atoms with Crippen molar-refractivity contribution in [3.63, 3.8) is 0 Å². The van der Waals surface area contributed by atoms with E-state index in [1.165, 1.54) is 45.9 Å². The Morgan fingerprint density at radius 3 is 1.57 bits per heavy atom. The third-order valence-electron chi connectivity index (χ3n) is 17.2. The van der Waals surface area contributed by atoms with Crippen LogP contribution in [0.15, 0.2) is 158 Å². The number of carbonyl (C=O) groups excluding carboxylic acids is 2. The molecular weight excluding hydrogens is 1010 g/mol. The summed E-state index contributed by atoms with van der Waals surface area (Å²) in [5, 5.41) is 2.40. The van der Waals surface area contributed by atoms with E-state index in [0.717, 1.165) is 133 Å². The van der Waals surface area contributed by atoms with Gasteiger partial charge in [0.05, 0.1) is 37.5 Å². The first-order valence-corrected chi connectivity index (χ1v) is 29.7. The molecule has 7 aromatic carbocycles. The highest BCUT2D eigenvalue weighted by Crippen LogP contribution is 2.51. The predicted molar refractivity (Wildman–Crippen MR) is 324 cm³/mol. The lowest BCUT2D eigenvalue weighted by Crippen LogP contribution is -2.34. The van der Waals surface area contributed by atoms with Crippen LogP contribution in [-0.2, 0) is 47.0 Å². The van der Waals surface area contributed by atoms with Gasteiger partial charge in [-0.25, -0.2) is 9.59 Å². The van der Waals surface area contributed by atoms with Crippen molar-refractivity contribution in [3.05, 3.63) is 180 Å². The van der Waals surface area contributed by atoms with Crippen LogP contribution in [0.25, 0.3) is 49.7 Å². The Hall–Kier alpha value is -7.40. The molecule has 10 nitrogen and oxygen atoms in total. The number of unbranched alkanes of at least 4 members (excludes halogenated alkanes) is 2. The molecule has 0 unspecified atom stereocenters. The highest BCUT2D eigenvalue weighted by atomic mass is 16.7. The maximum absolute atomic E-state index is 12.4. The van der Waals surface area contributed by atoms with E-state index in [-0.39, 0.29) is 11.0 Å². The largest absolute Gasteiger partial charge is 0.508 e. The molecule has 2 saturated carbocycles. The number of para-hydroxylation sites is 1. The maximum Gasteiger partial charge on any atom is 0.508 e.